The van der Waals surface area contributed by atoms with Gasteiger partial charge in [0.1, 0.15) is 11.5 Å². The van der Waals surface area contributed by atoms with Crippen LogP contribution in [0.4, 0.5) is 0 Å². The molecule has 2 rings (SSSR count). The van der Waals surface area contributed by atoms with Gasteiger partial charge in [-0.25, -0.2) is 0 Å². The summed E-state index contributed by atoms with van der Waals surface area (Å²) in [5.41, 5.74) is 4.01. The fraction of sp³-hybridized carbons (Fsp3) is 0.333. The van der Waals surface area contributed by atoms with Crippen molar-refractivity contribution in [2.24, 2.45) is 0 Å². The topological polar surface area (TPSA) is 40.5 Å². The first-order valence-corrected chi connectivity index (χ1v) is 6.98. The fourth-order valence-electron chi connectivity index (χ4n) is 2.57. The van der Waals surface area contributed by atoms with Crippen LogP contribution in [0, 0.1) is 13.8 Å². The highest BCUT2D eigenvalue weighted by Gasteiger charge is 2.27. The van der Waals surface area contributed by atoms with E-state index in [9.17, 15) is 10.2 Å². The Morgan fingerprint density at radius 2 is 1.25 bits per heavy atom. The lowest BCUT2D eigenvalue weighted by Crippen LogP contribution is -2.22. The van der Waals surface area contributed by atoms with Gasteiger partial charge in [-0.15, -0.1) is 0 Å². The van der Waals surface area contributed by atoms with Crippen molar-refractivity contribution in [3.63, 3.8) is 0 Å². The van der Waals surface area contributed by atoms with Gasteiger partial charge in [0.05, 0.1) is 0 Å². The van der Waals surface area contributed by atoms with Crippen LogP contribution in [0.15, 0.2) is 36.4 Å². The highest BCUT2D eigenvalue weighted by molar-refractivity contribution is 5.46. The Kier molecular flexibility index (Phi) is 3.76. The Morgan fingerprint density at radius 1 is 0.850 bits per heavy atom. The lowest BCUT2D eigenvalue weighted by atomic mass is 9.73. The summed E-state index contributed by atoms with van der Waals surface area (Å²) >= 11 is 0. The number of phenolic OH excluding ortho intramolecular Hbond substituents is 2. The van der Waals surface area contributed by atoms with Gasteiger partial charge in [0, 0.05) is 5.41 Å². The summed E-state index contributed by atoms with van der Waals surface area (Å²) in [5, 5.41) is 19.4. The Morgan fingerprint density at radius 3 is 1.55 bits per heavy atom. The summed E-state index contributed by atoms with van der Waals surface area (Å²) in [5.74, 6) is 0.656. The van der Waals surface area contributed by atoms with E-state index in [-0.39, 0.29) is 5.41 Å². The van der Waals surface area contributed by atoms with Crippen LogP contribution in [0.2, 0.25) is 0 Å². The molecule has 0 atom stereocenters. The van der Waals surface area contributed by atoms with Crippen LogP contribution in [-0.4, -0.2) is 10.2 Å². The van der Waals surface area contributed by atoms with Crippen molar-refractivity contribution in [1.82, 2.24) is 0 Å². The van der Waals surface area contributed by atoms with Gasteiger partial charge >= 0.3 is 0 Å². The summed E-state index contributed by atoms with van der Waals surface area (Å²) in [6, 6.07) is 11.6. The van der Waals surface area contributed by atoms with Crippen molar-refractivity contribution in [3.8, 4) is 11.5 Å². The molecule has 0 radical (unpaired) electrons. The maximum absolute atomic E-state index is 9.70. The van der Waals surface area contributed by atoms with E-state index in [0.29, 0.717) is 11.5 Å². The van der Waals surface area contributed by atoms with Crippen molar-refractivity contribution >= 4 is 0 Å². The van der Waals surface area contributed by atoms with E-state index in [2.05, 4.69) is 13.8 Å². The van der Waals surface area contributed by atoms with Crippen LogP contribution in [0.1, 0.15) is 42.5 Å². The van der Waals surface area contributed by atoms with Crippen LogP contribution in [0.5, 0.6) is 11.5 Å². The molecule has 0 aliphatic carbocycles. The summed E-state index contributed by atoms with van der Waals surface area (Å²) in [6.07, 6.45) is 0.946. The molecule has 0 fully saturated rings. The van der Waals surface area contributed by atoms with Crippen molar-refractivity contribution in [1.29, 1.82) is 0 Å². The summed E-state index contributed by atoms with van der Waals surface area (Å²) < 4.78 is 0. The molecule has 2 nitrogen and oxygen atoms in total. The van der Waals surface area contributed by atoms with E-state index in [1.54, 1.807) is 12.1 Å². The number of phenols is 2. The molecule has 20 heavy (non-hydrogen) atoms. The van der Waals surface area contributed by atoms with Crippen LogP contribution in [0.25, 0.3) is 0 Å². The number of hydrogen-bond donors (Lipinski definition) is 2. The normalized spacial score (nSPS) is 11.6. The molecule has 2 N–H and O–H groups in total. The van der Waals surface area contributed by atoms with Crippen molar-refractivity contribution < 1.29 is 10.2 Å². The predicted octanol–water partition coefficient (Wildman–Crippen LogP) is 4.43. The maximum Gasteiger partial charge on any atom is 0.118 e. The Hall–Kier alpha value is -1.96. The molecule has 0 heterocycles. The second kappa shape index (κ2) is 5.20. The molecular weight excluding hydrogens is 248 g/mol. The lowest BCUT2D eigenvalue weighted by molar-refractivity contribution is 0.467. The predicted molar refractivity (Wildman–Crippen MR) is 82.4 cm³/mol. The minimum Gasteiger partial charge on any atom is -0.508 e. The maximum atomic E-state index is 9.70. The standard InChI is InChI=1S/C18H22O2/c1-5-18(4,14-6-8-16(19)12(2)10-14)15-7-9-17(20)13(3)11-15/h6-11,19-20H,5H2,1-4H3. The second-order valence-electron chi connectivity index (χ2n) is 5.69. The van der Waals surface area contributed by atoms with Crippen LogP contribution >= 0.6 is 0 Å². The molecular formula is C18H22O2. The van der Waals surface area contributed by atoms with Crippen LogP contribution in [0.3, 0.4) is 0 Å². The Bertz CT molecular complexity index is 578. The zero-order chi connectivity index (χ0) is 14.9. The van der Waals surface area contributed by atoms with Gasteiger partial charge in [-0.1, -0.05) is 38.1 Å². The third kappa shape index (κ3) is 2.38. The zero-order valence-corrected chi connectivity index (χ0v) is 12.6. The van der Waals surface area contributed by atoms with E-state index < -0.39 is 0 Å². The Balaban J connectivity index is 2.57. The quantitative estimate of drug-likeness (QED) is 0.866. The van der Waals surface area contributed by atoms with E-state index in [1.165, 1.54) is 11.1 Å². The fourth-order valence-corrected chi connectivity index (χ4v) is 2.57. The smallest absolute Gasteiger partial charge is 0.118 e. The molecule has 2 aromatic rings. The molecule has 0 saturated carbocycles. The first-order chi connectivity index (χ1) is 9.38. The largest absolute Gasteiger partial charge is 0.508 e. The van der Waals surface area contributed by atoms with Crippen molar-refractivity contribution in [3.05, 3.63) is 58.7 Å². The Labute approximate surface area is 120 Å². The minimum absolute atomic E-state index is 0.128. The van der Waals surface area contributed by atoms with Gasteiger partial charge in [-0.3, -0.25) is 0 Å². The van der Waals surface area contributed by atoms with Gasteiger partial charge in [0.15, 0.2) is 0 Å². The number of aryl methyl sites for hydroxylation is 2. The third-order valence-corrected chi connectivity index (χ3v) is 4.37. The monoisotopic (exact) mass is 270 g/mol. The highest BCUT2D eigenvalue weighted by Crippen LogP contribution is 2.38. The third-order valence-electron chi connectivity index (χ3n) is 4.37. The van der Waals surface area contributed by atoms with E-state index >= 15 is 0 Å². The zero-order valence-electron chi connectivity index (χ0n) is 12.6. The first kappa shape index (κ1) is 14.4. The molecule has 0 bridgehead atoms. The molecule has 0 spiro atoms. The van der Waals surface area contributed by atoms with E-state index in [1.807, 2.05) is 38.1 Å². The second-order valence-corrected chi connectivity index (χ2v) is 5.69. The first-order valence-electron chi connectivity index (χ1n) is 6.98. The molecule has 0 saturated heterocycles. The molecule has 2 heteroatoms. The van der Waals surface area contributed by atoms with Crippen molar-refractivity contribution in [2.75, 3.05) is 0 Å². The van der Waals surface area contributed by atoms with Gasteiger partial charge < -0.3 is 10.2 Å². The van der Waals surface area contributed by atoms with Crippen LogP contribution in [-0.2, 0) is 5.41 Å². The molecule has 0 aromatic heterocycles. The molecule has 2 aromatic carbocycles. The van der Waals surface area contributed by atoms with Crippen molar-refractivity contribution in [2.45, 2.75) is 39.5 Å². The molecule has 0 aliphatic heterocycles. The highest BCUT2D eigenvalue weighted by atomic mass is 16.3. The van der Waals surface area contributed by atoms with Gasteiger partial charge in [-0.2, -0.15) is 0 Å². The number of aromatic hydroxyl groups is 2. The van der Waals surface area contributed by atoms with Gasteiger partial charge in [0.2, 0.25) is 0 Å². The molecule has 0 aliphatic rings. The van der Waals surface area contributed by atoms with Gasteiger partial charge in [0.25, 0.3) is 0 Å². The number of benzene rings is 2. The number of hydrogen-bond acceptors (Lipinski definition) is 2. The van der Waals surface area contributed by atoms with Crippen LogP contribution < -0.4 is 0 Å². The summed E-state index contributed by atoms with van der Waals surface area (Å²) in [7, 11) is 0. The summed E-state index contributed by atoms with van der Waals surface area (Å²) in [4.78, 5) is 0. The van der Waals surface area contributed by atoms with Gasteiger partial charge in [-0.05, 0) is 54.7 Å². The van der Waals surface area contributed by atoms with E-state index in [0.717, 1.165) is 17.5 Å². The average molecular weight is 270 g/mol. The van der Waals surface area contributed by atoms with E-state index in [4.69, 9.17) is 0 Å². The molecule has 0 unspecified atom stereocenters. The lowest BCUT2D eigenvalue weighted by Gasteiger charge is -2.30. The minimum atomic E-state index is -0.128. The summed E-state index contributed by atoms with van der Waals surface area (Å²) in [6.45, 7) is 8.18. The number of rotatable bonds is 3. The SMILES string of the molecule is CCC(C)(c1ccc(O)c(C)c1)c1ccc(O)c(C)c1. The molecule has 106 valence electrons. The molecule has 0 amide bonds. The average Bonchev–Trinajstić information content (AvgIpc) is 2.44.